The molecule has 2 aromatic carbocycles. The molecule has 142 valence electrons. The Morgan fingerprint density at radius 2 is 1.63 bits per heavy atom. The van der Waals surface area contributed by atoms with Crippen LogP contribution in [0.2, 0.25) is 0 Å². The standard InChI is InChI=1S/C26H32O/c1-3-19-5-7-20(8-6-19)22-9-11-25-18-23(10-12-24(25)17-22)21-13-15-26(16-14-21)27-4-2/h3,10,12-16,18-20,22H,1,4-9,11,17H2,2H3. The lowest BCUT2D eigenvalue weighted by Crippen LogP contribution is -2.26. The summed E-state index contributed by atoms with van der Waals surface area (Å²) in [6.07, 6.45) is 11.6. The van der Waals surface area contributed by atoms with Gasteiger partial charge in [0.05, 0.1) is 6.61 Å². The third-order valence-electron chi connectivity index (χ3n) is 6.79. The molecule has 0 saturated heterocycles. The summed E-state index contributed by atoms with van der Waals surface area (Å²) in [5.74, 6) is 3.54. The van der Waals surface area contributed by atoms with Crippen molar-refractivity contribution in [1.82, 2.24) is 0 Å². The predicted octanol–water partition coefficient (Wildman–Crippen LogP) is 6.85. The Balaban J connectivity index is 1.44. The van der Waals surface area contributed by atoms with Crippen molar-refractivity contribution in [1.29, 1.82) is 0 Å². The first kappa shape index (κ1) is 18.3. The smallest absolute Gasteiger partial charge is 0.119 e. The zero-order chi connectivity index (χ0) is 18.6. The molecule has 1 unspecified atom stereocenters. The maximum Gasteiger partial charge on any atom is 0.119 e. The Hall–Kier alpha value is -2.02. The van der Waals surface area contributed by atoms with E-state index in [-0.39, 0.29) is 0 Å². The molecule has 1 fully saturated rings. The van der Waals surface area contributed by atoms with Gasteiger partial charge in [-0.1, -0.05) is 36.4 Å². The van der Waals surface area contributed by atoms with Crippen LogP contribution in [0.1, 0.15) is 50.2 Å². The highest BCUT2D eigenvalue weighted by Gasteiger charge is 2.29. The molecule has 1 nitrogen and oxygen atoms in total. The largest absolute Gasteiger partial charge is 0.494 e. The molecule has 2 aliphatic rings. The van der Waals surface area contributed by atoms with E-state index in [1.54, 1.807) is 11.1 Å². The fraction of sp³-hybridized carbons (Fsp3) is 0.462. The number of aryl methyl sites for hydroxylation is 1. The third kappa shape index (κ3) is 4.13. The molecular formula is C26H32O. The minimum absolute atomic E-state index is 0.717. The first-order valence-corrected chi connectivity index (χ1v) is 10.7. The van der Waals surface area contributed by atoms with E-state index in [0.717, 1.165) is 23.5 Å². The summed E-state index contributed by atoms with van der Waals surface area (Å²) in [7, 11) is 0. The molecule has 4 rings (SSSR count). The Morgan fingerprint density at radius 1 is 0.889 bits per heavy atom. The summed E-state index contributed by atoms with van der Waals surface area (Å²) in [5, 5.41) is 0. The van der Waals surface area contributed by atoms with E-state index in [0.29, 0.717) is 6.61 Å². The lowest BCUT2D eigenvalue weighted by molar-refractivity contribution is 0.206. The normalized spacial score (nSPS) is 24.9. The van der Waals surface area contributed by atoms with Gasteiger partial charge in [0.15, 0.2) is 0 Å². The topological polar surface area (TPSA) is 9.23 Å². The van der Waals surface area contributed by atoms with Crippen molar-refractivity contribution in [3.63, 3.8) is 0 Å². The van der Waals surface area contributed by atoms with Gasteiger partial charge in [-0.25, -0.2) is 0 Å². The van der Waals surface area contributed by atoms with Gasteiger partial charge in [0.25, 0.3) is 0 Å². The maximum absolute atomic E-state index is 5.56. The van der Waals surface area contributed by atoms with Crippen LogP contribution in [0.15, 0.2) is 55.1 Å². The molecule has 1 heteroatoms. The molecule has 1 atom stereocenters. The molecular weight excluding hydrogens is 328 g/mol. The van der Waals surface area contributed by atoms with Crippen LogP contribution in [-0.2, 0) is 12.8 Å². The zero-order valence-electron chi connectivity index (χ0n) is 16.6. The van der Waals surface area contributed by atoms with E-state index >= 15 is 0 Å². The van der Waals surface area contributed by atoms with Gasteiger partial charge in [-0.3, -0.25) is 0 Å². The van der Waals surface area contributed by atoms with Crippen molar-refractivity contribution in [2.24, 2.45) is 17.8 Å². The fourth-order valence-corrected chi connectivity index (χ4v) is 5.13. The molecule has 1 saturated carbocycles. The second kappa shape index (κ2) is 8.33. The monoisotopic (exact) mass is 360 g/mol. The minimum atomic E-state index is 0.717. The van der Waals surface area contributed by atoms with Crippen LogP contribution in [0.25, 0.3) is 11.1 Å². The summed E-state index contributed by atoms with van der Waals surface area (Å²) in [4.78, 5) is 0. The average molecular weight is 361 g/mol. The van der Waals surface area contributed by atoms with Gasteiger partial charge in [-0.15, -0.1) is 6.58 Å². The molecule has 0 radical (unpaired) electrons. The molecule has 0 amide bonds. The van der Waals surface area contributed by atoms with Crippen LogP contribution in [0.4, 0.5) is 0 Å². The number of fused-ring (bicyclic) bond motifs is 1. The Labute approximate surface area is 164 Å². The van der Waals surface area contributed by atoms with Crippen LogP contribution in [0, 0.1) is 17.8 Å². The number of benzene rings is 2. The summed E-state index contributed by atoms with van der Waals surface area (Å²) in [6, 6.07) is 15.6. The van der Waals surface area contributed by atoms with Crippen LogP contribution in [-0.4, -0.2) is 6.61 Å². The lowest BCUT2D eigenvalue weighted by Gasteiger charge is -2.36. The molecule has 0 heterocycles. The number of hydrogen-bond acceptors (Lipinski definition) is 1. The molecule has 0 aromatic heterocycles. The molecule has 27 heavy (non-hydrogen) atoms. The quantitative estimate of drug-likeness (QED) is 0.530. The molecule has 0 aliphatic heterocycles. The molecule has 0 spiro atoms. The van der Waals surface area contributed by atoms with Gasteiger partial charge in [-0.05, 0) is 104 Å². The minimum Gasteiger partial charge on any atom is -0.494 e. The summed E-state index contributed by atoms with van der Waals surface area (Å²) in [6.45, 7) is 6.73. The first-order chi connectivity index (χ1) is 13.3. The van der Waals surface area contributed by atoms with Crippen molar-refractivity contribution in [3.05, 3.63) is 66.2 Å². The summed E-state index contributed by atoms with van der Waals surface area (Å²) < 4.78 is 5.56. The highest BCUT2D eigenvalue weighted by Crippen LogP contribution is 2.40. The van der Waals surface area contributed by atoms with Crippen molar-refractivity contribution >= 4 is 0 Å². The van der Waals surface area contributed by atoms with Crippen molar-refractivity contribution in [2.75, 3.05) is 6.61 Å². The fourth-order valence-electron chi connectivity index (χ4n) is 5.13. The number of rotatable bonds is 5. The van der Waals surface area contributed by atoms with E-state index in [1.165, 1.54) is 56.1 Å². The van der Waals surface area contributed by atoms with E-state index in [9.17, 15) is 0 Å². The third-order valence-corrected chi connectivity index (χ3v) is 6.79. The van der Waals surface area contributed by atoms with Gasteiger partial charge in [0.2, 0.25) is 0 Å². The van der Waals surface area contributed by atoms with Crippen molar-refractivity contribution in [3.8, 4) is 16.9 Å². The Morgan fingerprint density at radius 3 is 2.33 bits per heavy atom. The highest BCUT2D eigenvalue weighted by atomic mass is 16.5. The van der Waals surface area contributed by atoms with Crippen LogP contribution >= 0.6 is 0 Å². The van der Waals surface area contributed by atoms with Crippen molar-refractivity contribution in [2.45, 2.75) is 51.9 Å². The second-order valence-electron chi connectivity index (χ2n) is 8.35. The van der Waals surface area contributed by atoms with Gasteiger partial charge >= 0.3 is 0 Å². The van der Waals surface area contributed by atoms with Gasteiger partial charge < -0.3 is 4.74 Å². The van der Waals surface area contributed by atoms with Gasteiger partial charge in [0.1, 0.15) is 5.75 Å². The van der Waals surface area contributed by atoms with Gasteiger partial charge in [0, 0.05) is 0 Å². The number of allylic oxidation sites excluding steroid dienone is 1. The van der Waals surface area contributed by atoms with E-state index in [1.807, 2.05) is 6.92 Å². The van der Waals surface area contributed by atoms with Crippen molar-refractivity contribution < 1.29 is 4.74 Å². The van der Waals surface area contributed by atoms with E-state index < -0.39 is 0 Å². The van der Waals surface area contributed by atoms with E-state index in [2.05, 4.69) is 55.1 Å². The summed E-state index contributed by atoms with van der Waals surface area (Å²) in [5.41, 5.74) is 5.78. The zero-order valence-corrected chi connectivity index (χ0v) is 16.6. The predicted molar refractivity (Wildman–Crippen MR) is 114 cm³/mol. The summed E-state index contributed by atoms with van der Waals surface area (Å²) >= 11 is 0. The van der Waals surface area contributed by atoms with Crippen LogP contribution in [0.3, 0.4) is 0 Å². The Bertz CT molecular complexity index is 765. The maximum atomic E-state index is 5.56. The first-order valence-electron chi connectivity index (χ1n) is 10.7. The highest BCUT2D eigenvalue weighted by molar-refractivity contribution is 5.66. The van der Waals surface area contributed by atoms with Crippen LogP contribution in [0.5, 0.6) is 5.75 Å². The SMILES string of the molecule is C=CC1CCC(C2CCc3cc(-c4ccc(OCC)cc4)ccc3C2)CC1. The number of hydrogen-bond donors (Lipinski definition) is 0. The average Bonchev–Trinajstić information content (AvgIpc) is 2.74. The second-order valence-corrected chi connectivity index (χ2v) is 8.35. The van der Waals surface area contributed by atoms with Gasteiger partial charge in [-0.2, -0.15) is 0 Å². The molecule has 0 N–H and O–H groups in total. The van der Waals surface area contributed by atoms with E-state index in [4.69, 9.17) is 4.74 Å². The molecule has 2 aromatic rings. The number of ether oxygens (including phenoxy) is 1. The lowest BCUT2D eigenvalue weighted by atomic mass is 9.69. The molecule has 2 aliphatic carbocycles. The Kier molecular flexibility index (Phi) is 5.66. The van der Waals surface area contributed by atoms with Crippen LogP contribution < -0.4 is 4.74 Å². The molecule has 0 bridgehead atoms.